The molecular weight excluding hydrogens is 258 g/mol. The molecule has 2 aliphatic rings. The average Bonchev–Trinajstić information content (AvgIpc) is 2.84. The summed E-state index contributed by atoms with van der Waals surface area (Å²) in [7, 11) is 0. The monoisotopic (exact) mass is 275 g/mol. The predicted molar refractivity (Wildman–Crippen MR) is 62.1 cm³/mol. The Balaban J connectivity index is 2.00. The number of nitrogens with zero attached hydrogens (tertiary/aromatic N) is 1. The summed E-state index contributed by atoms with van der Waals surface area (Å²) < 4.78 is 5.46. The molecule has 0 bridgehead atoms. The molecule has 3 unspecified atom stereocenters. The number of alkyl halides is 1. The molecule has 1 amide bonds. The summed E-state index contributed by atoms with van der Waals surface area (Å²) >= 11 is 3.48. The quantitative estimate of drug-likeness (QED) is 0.720. The first kappa shape index (κ1) is 11.4. The molecule has 0 saturated carbocycles. The molecule has 2 aliphatic heterocycles. The van der Waals surface area contributed by atoms with Gasteiger partial charge in [-0.2, -0.15) is 0 Å². The topological polar surface area (TPSA) is 29.5 Å². The van der Waals surface area contributed by atoms with Crippen molar-refractivity contribution < 1.29 is 9.53 Å². The second kappa shape index (κ2) is 4.83. The first-order valence-corrected chi connectivity index (χ1v) is 6.84. The second-order valence-corrected chi connectivity index (χ2v) is 5.10. The van der Waals surface area contributed by atoms with E-state index in [1.807, 2.05) is 11.8 Å². The van der Waals surface area contributed by atoms with Gasteiger partial charge in [-0.3, -0.25) is 4.79 Å². The van der Waals surface area contributed by atoms with Gasteiger partial charge in [0, 0.05) is 24.5 Å². The minimum Gasteiger partial charge on any atom is -0.378 e. The number of likely N-dealkylation sites (tertiary alicyclic amines) is 1. The van der Waals surface area contributed by atoms with E-state index in [1.54, 1.807) is 0 Å². The Bertz CT molecular complexity index is 247. The molecule has 2 fully saturated rings. The maximum atomic E-state index is 12.3. The summed E-state index contributed by atoms with van der Waals surface area (Å²) in [4.78, 5) is 14.3. The van der Waals surface area contributed by atoms with Gasteiger partial charge in [-0.25, -0.2) is 0 Å². The maximum Gasteiger partial charge on any atom is 0.228 e. The Morgan fingerprint density at radius 1 is 1.53 bits per heavy atom. The minimum absolute atomic E-state index is 0.102. The van der Waals surface area contributed by atoms with Gasteiger partial charge < -0.3 is 9.64 Å². The molecule has 0 aromatic carbocycles. The summed E-state index contributed by atoms with van der Waals surface area (Å²) in [5.41, 5.74) is 0. The highest BCUT2D eigenvalue weighted by atomic mass is 79.9. The summed E-state index contributed by atoms with van der Waals surface area (Å²) in [6, 6.07) is 0.408. The number of amides is 1. The molecule has 3 nitrogen and oxygen atoms in total. The second-order valence-electron chi connectivity index (χ2n) is 4.45. The van der Waals surface area contributed by atoms with Crippen molar-refractivity contribution in [3.8, 4) is 0 Å². The highest BCUT2D eigenvalue weighted by molar-refractivity contribution is 9.09. The van der Waals surface area contributed by atoms with Gasteiger partial charge in [-0.15, -0.1) is 0 Å². The van der Waals surface area contributed by atoms with E-state index in [1.165, 1.54) is 0 Å². The van der Waals surface area contributed by atoms with Crippen molar-refractivity contribution in [2.24, 2.45) is 5.92 Å². The van der Waals surface area contributed by atoms with Crippen LogP contribution in [0.4, 0.5) is 0 Å². The number of hydrogen-bond donors (Lipinski definition) is 0. The molecule has 0 aromatic rings. The van der Waals surface area contributed by atoms with Gasteiger partial charge in [-0.1, -0.05) is 15.9 Å². The fraction of sp³-hybridized carbons (Fsp3) is 0.909. The molecule has 0 aromatic heterocycles. The smallest absolute Gasteiger partial charge is 0.228 e. The molecular formula is C11H18BrNO2. The normalized spacial score (nSPS) is 36.1. The van der Waals surface area contributed by atoms with Crippen LogP contribution in [0.1, 0.15) is 26.2 Å². The minimum atomic E-state index is 0.102. The van der Waals surface area contributed by atoms with Gasteiger partial charge in [0.25, 0.3) is 0 Å². The molecule has 0 aliphatic carbocycles. The Kier molecular flexibility index (Phi) is 3.67. The standard InChI is InChI=1S/C11H18BrNO2/c1-8-10(4-6-15-8)11(14)13-5-2-3-9(13)7-12/h8-10H,2-7H2,1H3. The van der Waals surface area contributed by atoms with Gasteiger partial charge in [0.05, 0.1) is 12.0 Å². The van der Waals surface area contributed by atoms with Gasteiger partial charge >= 0.3 is 0 Å². The Hall–Kier alpha value is -0.0900. The van der Waals surface area contributed by atoms with Crippen LogP contribution >= 0.6 is 15.9 Å². The van der Waals surface area contributed by atoms with Crippen molar-refractivity contribution >= 4 is 21.8 Å². The third kappa shape index (κ3) is 2.21. The van der Waals surface area contributed by atoms with Crippen molar-refractivity contribution in [2.45, 2.75) is 38.3 Å². The Labute approximate surface area is 99.3 Å². The Morgan fingerprint density at radius 2 is 2.33 bits per heavy atom. The zero-order chi connectivity index (χ0) is 10.8. The summed E-state index contributed by atoms with van der Waals surface area (Å²) in [6.07, 6.45) is 3.28. The van der Waals surface area contributed by atoms with Gasteiger partial charge in [0.2, 0.25) is 5.91 Å². The number of ether oxygens (including phenoxy) is 1. The molecule has 0 spiro atoms. The van der Waals surface area contributed by atoms with Crippen molar-refractivity contribution in [3.05, 3.63) is 0 Å². The van der Waals surface area contributed by atoms with E-state index in [9.17, 15) is 4.79 Å². The van der Waals surface area contributed by atoms with E-state index in [0.29, 0.717) is 11.9 Å². The lowest BCUT2D eigenvalue weighted by atomic mass is 10.0. The third-order valence-electron chi connectivity index (χ3n) is 3.53. The van der Waals surface area contributed by atoms with Crippen LogP contribution < -0.4 is 0 Å². The first-order valence-electron chi connectivity index (χ1n) is 5.72. The van der Waals surface area contributed by atoms with Gasteiger partial charge in [0.15, 0.2) is 0 Å². The predicted octanol–water partition coefficient (Wildman–Crippen LogP) is 1.80. The van der Waals surface area contributed by atoms with E-state index in [0.717, 1.165) is 37.7 Å². The molecule has 4 heteroatoms. The molecule has 0 N–H and O–H groups in total. The van der Waals surface area contributed by atoms with Crippen molar-refractivity contribution in [1.29, 1.82) is 0 Å². The number of carbonyl (C=O) groups excluding carboxylic acids is 1. The molecule has 3 atom stereocenters. The summed E-state index contributed by atoms with van der Waals surface area (Å²) in [6.45, 7) is 3.68. The van der Waals surface area contributed by atoms with Crippen molar-refractivity contribution in [2.75, 3.05) is 18.5 Å². The highest BCUT2D eigenvalue weighted by Gasteiger charge is 2.37. The lowest BCUT2D eigenvalue weighted by Crippen LogP contribution is -2.42. The van der Waals surface area contributed by atoms with E-state index in [-0.39, 0.29) is 12.0 Å². The average molecular weight is 276 g/mol. The highest BCUT2D eigenvalue weighted by Crippen LogP contribution is 2.27. The lowest BCUT2D eigenvalue weighted by molar-refractivity contribution is -0.137. The van der Waals surface area contributed by atoms with Crippen LogP contribution in [0.5, 0.6) is 0 Å². The van der Waals surface area contributed by atoms with Crippen LogP contribution in [-0.2, 0) is 9.53 Å². The van der Waals surface area contributed by atoms with Crippen LogP contribution in [0.25, 0.3) is 0 Å². The van der Waals surface area contributed by atoms with Crippen LogP contribution in [0.3, 0.4) is 0 Å². The molecule has 2 rings (SSSR count). The van der Waals surface area contributed by atoms with E-state index < -0.39 is 0 Å². The molecule has 2 saturated heterocycles. The summed E-state index contributed by atoms with van der Waals surface area (Å²) in [5.74, 6) is 0.409. The maximum absolute atomic E-state index is 12.3. The first-order chi connectivity index (χ1) is 7.24. The number of halogens is 1. The van der Waals surface area contributed by atoms with Crippen molar-refractivity contribution in [3.63, 3.8) is 0 Å². The van der Waals surface area contributed by atoms with Crippen LogP contribution in [0.2, 0.25) is 0 Å². The van der Waals surface area contributed by atoms with Crippen LogP contribution in [0, 0.1) is 5.92 Å². The van der Waals surface area contributed by atoms with Crippen molar-refractivity contribution in [1.82, 2.24) is 4.90 Å². The summed E-state index contributed by atoms with van der Waals surface area (Å²) in [5, 5.41) is 0.903. The third-order valence-corrected chi connectivity index (χ3v) is 4.28. The molecule has 2 heterocycles. The number of carbonyl (C=O) groups is 1. The number of hydrogen-bond acceptors (Lipinski definition) is 2. The molecule has 15 heavy (non-hydrogen) atoms. The van der Waals surface area contributed by atoms with Crippen LogP contribution in [0.15, 0.2) is 0 Å². The SMILES string of the molecule is CC1OCCC1C(=O)N1CCCC1CBr. The lowest BCUT2D eigenvalue weighted by Gasteiger charge is -2.27. The Morgan fingerprint density at radius 3 is 2.93 bits per heavy atom. The largest absolute Gasteiger partial charge is 0.378 e. The van der Waals surface area contributed by atoms with E-state index >= 15 is 0 Å². The number of rotatable bonds is 2. The van der Waals surface area contributed by atoms with E-state index in [4.69, 9.17) is 4.74 Å². The molecule has 0 radical (unpaired) electrons. The molecule has 86 valence electrons. The van der Waals surface area contributed by atoms with Crippen LogP contribution in [-0.4, -0.2) is 41.4 Å². The zero-order valence-corrected chi connectivity index (χ0v) is 10.7. The fourth-order valence-electron chi connectivity index (χ4n) is 2.56. The van der Waals surface area contributed by atoms with E-state index in [2.05, 4.69) is 15.9 Å². The van der Waals surface area contributed by atoms with Gasteiger partial charge in [-0.05, 0) is 26.2 Å². The van der Waals surface area contributed by atoms with Gasteiger partial charge in [0.1, 0.15) is 0 Å². The fourth-order valence-corrected chi connectivity index (χ4v) is 3.23. The zero-order valence-electron chi connectivity index (χ0n) is 9.12.